The number of carbonyl (C=O) groups excluding carboxylic acids is 2. The Kier molecular flexibility index (Phi) is 3.05. The normalized spacial score (nSPS) is 19.7. The summed E-state index contributed by atoms with van der Waals surface area (Å²) in [7, 11) is 0. The van der Waals surface area contributed by atoms with Gasteiger partial charge in [0.05, 0.1) is 0 Å². The lowest BCUT2D eigenvalue weighted by Gasteiger charge is -2.29. The van der Waals surface area contributed by atoms with Gasteiger partial charge in [0.2, 0.25) is 0 Å². The third-order valence-electron chi connectivity index (χ3n) is 4.39. The summed E-state index contributed by atoms with van der Waals surface area (Å²) in [4.78, 5) is 26.0. The van der Waals surface area contributed by atoms with Crippen molar-refractivity contribution in [1.29, 1.82) is 0 Å². The Morgan fingerprint density at radius 2 is 1.19 bits per heavy atom. The standard InChI is InChI=1S/C19H18O2/c1-18(2)13-16(20)19(17(18)21,14-9-5-3-6-10-14)15-11-7-4-8-12-15/h3-12H,13H2,1-2H3. The van der Waals surface area contributed by atoms with E-state index in [-0.39, 0.29) is 18.0 Å². The smallest absolute Gasteiger partial charge is 0.161 e. The van der Waals surface area contributed by atoms with Crippen molar-refractivity contribution in [3.63, 3.8) is 0 Å². The Balaban J connectivity index is 2.32. The summed E-state index contributed by atoms with van der Waals surface area (Å²) >= 11 is 0. The Labute approximate surface area is 124 Å². The zero-order valence-corrected chi connectivity index (χ0v) is 12.3. The molecule has 0 unspecified atom stereocenters. The molecule has 106 valence electrons. The maximum absolute atomic E-state index is 13.1. The maximum atomic E-state index is 13.1. The van der Waals surface area contributed by atoms with E-state index >= 15 is 0 Å². The van der Waals surface area contributed by atoms with Crippen LogP contribution in [0.25, 0.3) is 0 Å². The molecule has 0 aliphatic heterocycles. The summed E-state index contributed by atoms with van der Waals surface area (Å²) in [5, 5.41) is 0. The molecule has 0 amide bonds. The van der Waals surface area contributed by atoms with Crippen LogP contribution in [0.2, 0.25) is 0 Å². The first-order valence-corrected chi connectivity index (χ1v) is 7.19. The van der Waals surface area contributed by atoms with Crippen molar-refractivity contribution >= 4 is 11.6 Å². The fourth-order valence-electron chi connectivity index (χ4n) is 3.38. The van der Waals surface area contributed by atoms with Gasteiger partial charge in [0.15, 0.2) is 11.6 Å². The van der Waals surface area contributed by atoms with Crippen LogP contribution >= 0.6 is 0 Å². The number of carbonyl (C=O) groups is 2. The van der Waals surface area contributed by atoms with E-state index in [2.05, 4.69) is 0 Å². The molecule has 0 bridgehead atoms. The predicted octanol–water partition coefficient (Wildman–Crippen LogP) is 3.54. The Bertz CT molecular complexity index is 645. The van der Waals surface area contributed by atoms with Crippen LogP contribution in [-0.4, -0.2) is 11.6 Å². The van der Waals surface area contributed by atoms with Gasteiger partial charge in [0.1, 0.15) is 5.41 Å². The van der Waals surface area contributed by atoms with E-state index in [9.17, 15) is 9.59 Å². The second-order valence-corrected chi connectivity index (χ2v) is 6.30. The van der Waals surface area contributed by atoms with Crippen molar-refractivity contribution in [2.45, 2.75) is 25.7 Å². The summed E-state index contributed by atoms with van der Waals surface area (Å²) in [6.45, 7) is 3.72. The van der Waals surface area contributed by atoms with Crippen molar-refractivity contribution < 1.29 is 9.59 Å². The number of hydrogen-bond donors (Lipinski definition) is 0. The van der Waals surface area contributed by atoms with Crippen molar-refractivity contribution in [3.05, 3.63) is 71.8 Å². The fourth-order valence-corrected chi connectivity index (χ4v) is 3.38. The first kappa shape index (κ1) is 13.7. The van der Waals surface area contributed by atoms with Crippen LogP contribution in [0.15, 0.2) is 60.7 Å². The van der Waals surface area contributed by atoms with Gasteiger partial charge in [-0.25, -0.2) is 0 Å². The molecule has 1 aliphatic rings. The van der Waals surface area contributed by atoms with Crippen LogP contribution in [0.5, 0.6) is 0 Å². The topological polar surface area (TPSA) is 34.1 Å². The minimum Gasteiger partial charge on any atom is -0.298 e. The SMILES string of the molecule is CC1(C)CC(=O)C(c2ccccc2)(c2ccccc2)C1=O. The van der Waals surface area contributed by atoms with E-state index in [1.54, 1.807) is 0 Å². The molecule has 0 heterocycles. The van der Waals surface area contributed by atoms with Crippen LogP contribution in [0.4, 0.5) is 0 Å². The summed E-state index contributed by atoms with van der Waals surface area (Å²) in [6.07, 6.45) is 0.287. The highest BCUT2D eigenvalue weighted by molar-refractivity contribution is 6.23. The van der Waals surface area contributed by atoms with Crippen molar-refractivity contribution in [1.82, 2.24) is 0 Å². The quantitative estimate of drug-likeness (QED) is 0.787. The molecule has 1 fully saturated rings. The van der Waals surface area contributed by atoms with E-state index in [1.165, 1.54) is 0 Å². The monoisotopic (exact) mass is 278 g/mol. The molecule has 2 aromatic carbocycles. The zero-order valence-electron chi connectivity index (χ0n) is 12.3. The average molecular weight is 278 g/mol. The first-order chi connectivity index (χ1) is 9.99. The highest BCUT2D eigenvalue weighted by Gasteiger charge is 2.59. The summed E-state index contributed by atoms with van der Waals surface area (Å²) < 4.78 is 0. The molecule has 2 heteroatoms. The molecule has 1 saturated carbocycles. The first-order valence-electron chi connectivity index (χ1n) is 7.19. The van der Waals surface area contributed by atoms with E-state index in [1.807, 2.05) is 74.5 Å². The molecule has 0 N–H and O–H groups in total. The van der Waals surface area contributed by atoms with E-state index in [4.69, 9.17) is 0 Å². The van der Waals surface area contributed by atoms with Crippen LogP contribution in [0, 0.1) is 5.41 Å². The highest BCUT2D eigenvalue weighted by atomic mass is 16.2. The lowest BCUT2D eigenvalue weighted by atomic mass is 9.69. The van der Waals surface area contributed by atoms with Gasteiger partial charge in [-0.1, -0.05) is 74.5 Å². The number of benzene rings is 2. The molecular formula is C19H18O2. The van der Waals surface area contributed by atoms with Gasteiger partial charge in [-0.3, -0.25) is 9.59 Å². The maximum Gasteiger partial charge on any atom is 0.161 e. The van der Waals surface area contributed by atoms with E-state index in [0.717, 1.165) is 11.1 Å². The van der Waals surface area contributed by atoms with Gasteiger partial charge in [-0.15, -0.1) is 0 Å². The van der Waals surface area contributed by atoms with Gasteiger partial charge in [-0.2, -0.15) is 0 Å². The third-order valence-corrected chi connectivity index (χ3v) is 4.39. The van der Waals surface area contributed by atoms with E-state index < -0.39 is 10.8 Å². The van der Waals surface area contributed by atoms with Gasteiger partial charge in [0, 0.05) is 11.8 Å². The molecule has 2 aromatic rings. The molecule has 0 radical (unpaired) electrons. The second-order valence-electron chi connectivity index (χ2n) is 6.30. The third kappa shape index (κ3) is 1.86. The molecule has 3 rings (SSSR count). The number of ketones is 2. The van der Waals surface area contributed by atoms with Crippen LogP contribution in [0.3, 0.4) is 0 Å². The van der Waals surface area contributed by atoms with Crippen LogP contribution in [0.1, 0.15) is 31.4 Å². The predicted molar refractivity (Wildman–Crippen MR) is 82.1 cm³/mol. The van der Waals surface area contributed by atoms with Crippen molar-refractivity contribution in [3.8, 4) is 0 Å². The molecule has 1 aliphatic carbocycles. The van der Waals surface area contributed by atoms with E-state index in [0.29, 0.717) is 0 Å². The number of Topliss-reactive ketones (excluding diaryl/α,β-unsaturated/α-hetero) is 2. The van der Waals surface area contributed by atoms with Crippen LogP contribution in [-0.2, 0) is 15.0 Å². The molecule has 0 saturated heterocycles. The molecule has 21 heavy (non-hydrogen) atoms. The zero-order chi connectivity index (χ0) is 15.1. The molecule has 0 aromatic heterocycles. The van der Waals surface area contributed by atoms with Gasteiger partial charge >= 0.3 is 0 Å². The minimum atomic E-state index is -1.15. The largest absolute Gasteiger partial charge is 0.298 e. The fraction of sp³-hybridized carbons (Fsp3) is 0.263. The Morgan fingerprint density at radius 3 is 1.52 bits per heavy atom. The minimum absolute atomic E-state index is 0.00241. The lowest BCUT2D eigenvalue weighted by molar-refractivity contribution is -0.130. The van der Waals surface area contributed by atoms with Crippen molar-refractivity contribution in [2.75, 3.05) is 0 Å². The Morgan fingerprint density at radius 1 is 0.762 bits per heavy atom. The molecule has 0 spiro atoms. The molecule has 0 atom stereocenters. The number of hydrogen-bond acceptors (Lipinski definition) is 2. The van der Waals surface area contributed by atoms with Crippen molar-refractivity contribution in [2.24, 2.45) is 5.41 Å². The number of rotatable bonds is 2. The Hall–Kier alpha value is -2.22. The molecule has 2 nitrogen and oxygen atoms in total. The summed E-state index contributed by atoms with van der Waals surface area (Å²) in [5.74, 6) is -0.00713. The van der Waals surface area contributed by atoms with Gasteiger partial charge in [0.25, 0.3) is 0 Å². The molecular weight excluding hydrogens is 260 g/mol. The average Bonchev–Trinajstić information content (AvgIpc) is 2.67. The summed E-state index contributed by atoms with van der Waals surface area (Å²) in [6, 6.07) is 18.8. The van der Waals surface area contributed by atoms with Crippen LogP contribution < -0.4 is 0 Å². The summed E-state index contributed by atoms with van der Waals surface area (Å²) in [5.41, 5.74) is -0.219. The highest BCUT2D eigenvalue weighted by Crippen LogP contribution is 2.48. The lowest BCUT2D eigenvalue weighted by Crippen LogP contribution is -2.41. The van der Waals surface area contributed by atoms with Gasteiger partial charge in [-0.05, 0) is 11.1 Å². The second kappa shape index (κ2) is 4.66. The van der Waals surface area contributed by atoms with Gasteiger partial charge < -0.3 is 0 Å².